The Labute approximate surface area is 246 Å². The number of carbonyl (C=O) groups excluding carboxylic acids is 1. The van der Waals surface area contributed by atoms with E-state index in [2.05, 4.69) is 15.7 Å². The van der Waals surface area contributed by atoms with Gasteiger partial charge in [0.15, 0.2) is 11.5 Å². The van der Waals surface area contributed by atoms with Crippen molar-refractivity contribution in [2.24, 2.45) is 5.92 Å². The molecule has 2 aromatic carbocycles. The van der Waals surface area contributed by atoms with Gasteiger partial charge in [0.05, 0.1) is 29.2 Å². The summed E-state index contributed by atoms with van der Waals surface area (Å²) in [6.07, 6.45) is 1.09. The number of nitriles is 1. The lowest BCUT2D eigenvalue weighted by atomic mass is 9.47. The summed E-state index contributed by atoms with van der Waals surface area (Å²) >= 11 is 0. The number of likely N-dealkylation sites (tertiary alicyclic amines) is 1. The highest BCUT2D eigenvalue weighted by atomic mass is 19.4. The van der Waals surface area contributed by atoms with Gasteiger partial charge in [0.1, 0.15) is 11.9 Å². The molecule has 1 saturated heterocycles. The molecule has 11 heteroatoms. The highest BCUT2D eigenvalue weighted by Crippen LogP contribution is 2.66. The number of phenolic OH excluding ortho intramolecular Hbond substituents is 1. The molecule has 1 amide bonds. The molecule has 2 N–H and O–H groups in total. The maximum absolute atomic E-state index is 13.5. The standard InChI is InChI=1S/C32H32F3N3O5/c1-37(26(40)10-7-18-3-2-4-22(13-18)43-32(33,34)35)23-11-12-31(41)25-14-20-8-9-24(39)28-27(20)30(31,29(23)42-28)15-21(16-36)38(25)17-19-5-6-19/h2-4,7-10,13,19,21,23,25,29,39,41H,5-6,11-12,14-15,17H2,1H3/t21?,23-,25+,29-,30-,31+/m0/s1. The molecule has 43 heavy (non-hydrogen) atoms. The molecule has 226 valence electrons. The van der Waals surface area contributed by atoms with Crippen LogP contribution in [0.25, 0.3) is 6.08 Å². The first-order valence-electron chi connectivity index (χ1n) is 14.7. The van der Waals surface area contributed by atoms with Gasteiger partial charge < -0.3 is 24.6 Å². The Kier molecular flexibility index (Phi) is 6.28. The van der Waals surface area contributed by atoms with E-state index in [-0.39, 0.29) is 17.5 Å². The Bertz CT molecular complexity index is 1550. The van der Waals surface area contributed by atoms with Crippen LogP contribution in [0, 0.1) is 17.2 Å². The van der Waals surface area contributed by atoms with Gasteiger partial charge in [0.25, 0.3) is 0 Å². The molecule has 2 saturated carbocycles. The number of hydrogen-bond acceptors (Lipinski definition) is 7. The predicted octanol–water partition coefficient (Wildman–Crippen LogP) is 4.29. The molecule has 1 spiro atoms. The summed E-state index contributed by atoms with van der Waals surface area (Å²) in [5.74, 6) is 0.0185. The fourth-order valence-corrected chi connectivity index (χ4v) is 8.27. The second-order valence-electron chi connectivity index (χ2n) is 12.6. The Morgan fingerprint density at radius 3 is 2.79 bits per heavy atom. The lowest BCUT2D eigenvalue weighted by molar-refractivity contribution is -0.274. The lowest BCUT2D eigenvalue weighted by Crippen LogP contribution is -2.79. The number of hydrogen-bond donors (Lipinski definition) is 2. The molecular weight excluding hydrogens is 563 g/mol. The van der Waals surface area contributed by atoms with Gasteiger partial charge in [-0.3, -0.25) is 9.69 Å². The van der Waals surface area contributed by atoms with Crippen molar-refractivity contribution in [1.82, 2.24) is 9.80 Å². The number of likely N-dealkylation sites (N-methyl/N-ethyl adjacent to an activating group) is 1. The molecule has 2 aliphatic heterocycles. The van der Waals surface area contributed by atoms with Crippen LogP contribution in [0.5, 0.6) is 17.2 Å². The summed E-state index contributed by atoms with van der Waals surface area (Å²) in [6.45, 7) is 0.759. The van der Waals surface area contributed by atoms with Crippen molar-refractivity contribution in [3.63, 3.8) is 0 Å². The number of nitrogens with zero attached hydrogens (tertiary/aromatic N) is 3. The van der Waals surface area contributed by atoms with Crippen molar-refractivity contribution < 1.29 is 37.7 Å². The largest absolute Gasteiger partial charge is 0.573 e. The Morgan fingerprint density at radius 2 is 2.07 bits per heavy atom. The number of ether oxygens (including phenoxy) is 2. The second kappa shape index (κ2) is 9.63. The molecular formula is C32H32F3N3O5. The van der Waals surface area contributed by atoms with Crippen LogP contribution in [0.3, 0.4) is 0 Å². The summed E-state index contributed by atoms with van der Waals surface area (Å²) in [5.41, 5.74) is -0.123. The molecule has 3 aliphatic carbocycles. The van der Waals surface area contributed by atoms with Crippen molar-refractivity contribution in [2.75, 3.05) is 13.6 Å². The Morgan fingerprint density at radius 1 is 1.28 bits per heavy atom. The Balaban J connectivity index is 1.22. The number of rotatable bonds is 6. The molecule has 1 unspecified atom stereocenters. The zero-order valence-corrected chi connectivity index (χ0v) is 23.6. The lowest BCUT2D eigenvalue weighted by Gasteiger charge is -2.65. The summed E-state index contributed by atoms with van der Waals surface area (Å²) in [5, 5.41) is 33.9. The van der Waals surface area contributed by atoms with Crippen molar-refractivity contribution >= 4 is 12.0 Å². The SMILES string of the molecule is CN(C(=O)C=Cc1cccc(OC(F)(F)F)c1)[C@H]1CC[C@@]2(O)[C@H]3Cc4ccc(O)c5c4[C@@]2(CC(C#N)N3CC2CC2)[C@H]1O5. The van der Waals surface area contributed by atoms with Crippen LogP contribution >= 0.6 is 0 Å². The predicted molar refractivity (Wildman–Crippen MR) is 148 cm³/mol. The fraction of sp³-hybridized carbons (Fsp3) is 0.500. The van der Waals surface area contributed by atoms with Gasteiger partial charge in [-0.2, -0.15) is 5.26 Å². The number of aliphatic hydroxyl groups is 1. The number of carbonyl (C=O) groups is 1. The van der Waals surface area contributed by atoms with Crippen molar-refractivity contribution in [3.05, 3.63) is 59.2 Å². The average molecular weight is 596 g/mol. The third-order valence-corrected chi connectivity index (χ3v) is 10.3. The molecule has 2 bridgehead atoms. The highest BCUT2D eigenvalue weighted by molar-refractivity contribution is 5.92. The molecule has 0 aromatic heterocycles. The average Bonchev–Trinajstić information content (AvgIpc) is 3.71. The van der Waals surface area contributed by atoms with Gasteiger partial charge in [0.2, 0.25) is 5.91 Å². The minimum Gasteiger partial charge on any atom is -0.504 e. The topological polar surface area (TPSA) is 106 Å². The summed E-state index contributed by atoms with van der Waals surface area (Å²) in [6, 6.07) is 10.1. The molecule has 8 nitrogen and oxygen atoms in total. The van der Waals surface area contributed by atoms with E-state index in [4.69, 9.17) is 4.74 Å². The number of piperidine rings is 1. The maximum atomic E-state index is 13.5. The number of phenols is 1. The monoisotopic (exact) mass is 595 g/mol. The zero-order chi connectivity index (χ0) is 30.3. The van der Waals surface area contributed by atoms with Gasteiger partial charge >= 0.3 is 6.36 Å². The molecule has 2 heterocycles. The fourth-order valence-electron chi connectivity index (χ4n) is 8.27. The smallest absolute Gasteiger partial charge is 0.504 e. The van der Waals surface area contributed by atoms with E-state index in [1.54, 1.807) is 19.2 Å². The molecule has 0 radical (unpaired) electrons. The van der Waals surface area contributed by atoms with Gasteiger partial charge in [-0.1, -0.05) is 18.2 Å². The number of halogens is 3. The third-order valence-electron chi connectivity index (χ3n) is 10.3. The normalized spacial score (nSPS) is 32.6. The number of amides is 1. The summed E-state index contributed by atoms with van der Waals surface area (Å²) in [7, 11) is 1.64. The van der Waals surface area contributed by atoms with Crippen LogP contribution in [0.1, 0.15) is 48.8 Å². The van der Waals surface area contributed by atoms with Crippen molar-refractivity contribution in [2.45, 2.75) is 80.1 Å². The van der Waals surface area contributed by atoms with E-state index in [0.29, 0.717) is 42.9 Å². The highest BCUT2D eigenvalue weighted by Gasteiger charge is 2.75. The molecule has 6 atom stereocenters. The van der Waals surface area contributed by atoms with Crippen LogP contribution in [0.4, 0.5) is 13.2 Å². The Hall–Kier alpha value is -3.75. The molecule has 5 aliphatic rings. The van der Waals surface area contributed by atoms with Crippen LogP contribution in [-0.4, -0.2) is 75.7 Å². The van der Waals surface area contributed by atoms with Crippen molar-refractivity contribution in [1.29, 1.82) is 5.26 Å². The molecule has 3 fully saturated rings. The van der Waals surface area contributed by atoms with Crippen LogP contribution in [0.2, 0.25) is 0 Å². The summed E-state index contributed by atoms with van der Waals surface area (Å²) in [4.78, 5) is 17.2. The van der Waals surface area contributed by atoms with E-state index in [1.807, 2.05) is 6.07 Å². The summed E-state index contributed by atoms with van der Waals surface area (Å²) < 4.78 is 48.5. The van der Waals surface area contributed by atoms with Crippen molar-refractivity contribution in [3.8, 4) is 23.3 Å². The van der Waals surface area contributed by atoms with Gasteiger partial charge in [-0.25, -0.2) is 0 Å². The van der Waals surface area contributed by atoms with Crippen LogP contribution < -0.4 is 9.47 Å². The zero-order valence-electron chi connectivity index (χ0n) is 23.6. The van der Waals surface area contributed by atoms with Gasteiger partial charge in [-0.05, 0) is 79.8 Å². The van der Waals surface area contributed by atoms with Crippen LogP contribution in [-0.2, 0) is 16.6 Å². The maximum Gasteiger partial charge on any atom is 0.573 e. The number of aromatic hydroxyl groups is 1. The minimum atomic E-state index is -4.83. The van der Waals surface area contributed by atoms with Crippen LogP contribution in [0.15, 0.2) is 42.5 Å². The van der Waals surface area contributed by atoms with E-state index < -0.39 is 41.5 Å². The van der Waals surface area contributed by atoms with Gasteiger partial charge in [-0.15, -0.1) is 13.2 Å². The second-order valence-corrected chi connectivity index (χ2v) is 12.6. The first-order valence-corrected chi connectivity index (χ1v) is 14.7. The van der Waals surface area contributed by atoms with Gasteiger partial charge in [0, 0.05) is 31.3 Å². The van der Waals surface area contributed by atoms with E-state index in [9.17, 15) is 33.4 Å². The van der Waals surface area contributed by atoms with E-state index in [0.717, 1.165) is 30.5 Å². The van der Waals surface area contributed by atoms with E-state index in [1.165, 1.54) is 35.3 Å². The number of alkyl halides is 3. The minimum absolute atomic E-state index is 0.0363. The molecule has 7 rings (SSSR count). The quantitative estimate of drug-likeness (QED) is 0.480. The third kappa shape index (κ3) is 4.29. The number of benzene rings is 2. The molecule has 2 aromatic rings. The van der Waals surface area contributed by atoms with E-state index >= 15 is 0 Å². The first-order chi connectivity index (χ1) is 20.4. The first kappa shape index (κ1) is 28.0.